The second kappa shape index (κ2) is 8.23. The van der Waals surface area contributed by atoms with Crippen LogP contribution in [0.15, 0.2) is 48.5 Å². The molecule has 3 atom stereocenters. The lowest BCUT2D eigenvalue weighted by Gasteiger charge is -2.29. The lowest BCUT2D eigenvalue weighted by Crippen LogP contribution is -2.59. The number of hydrogen-bond donors (Lipinski definition) is 3. The highest BCUT2D eigenvalue weighted by Gasteiger charge is 2.47. The highest BCUT2D eigenvalue weighted by Crippen LogP contribution is 2.29. The monoisotopic (exact) mass is 441 g/mol. The number of carbonyl (C=O) groups is 3. The van der Waals surface area contributed by atoms with Gasteiger partial charge >= 0.3 is 6.09 Å². The van der Waals surface area contributed by atoms with Crippen LogP contribution in [0, 0.1) is 5.92 Å². The number of aromatic nitrogens is 1. The first-order chi connectivity index (χ1) is 15.2. The van der Waals surface area contributed by atoms with Gasteiger partial charge in [0.05, 0.1) is 23.5 Å². The summed E-state index contributed by atoms with van der Waals surface area (Å²) in [7, 11) is 0. The molecule has 3 aromatic rings. The van der Waals surface area contributed by atoms with E-state index in [1.807, 2.05) is 24.3 Å². The molecule has 1 aliphatic heterocycles. The van der Waals surface area contributed by atoms with Crippen LogP contribution < -0.4 is 10.6 Å². The van der Waals surface area contributed by atoms with Crippen LogP contribution in [-0.4, -0.2) is 52.1 Å². The fourth-order valence-electron chi connectivity index (χ4n) is 4.06. The summed E-state index contributed by atoms with van der Waals surface area (Å²) in [5.74, 6) is -1.73. The molecule has 1 aliphatic rings. The molecule has 0 bridgehead atoms. The molecule has 1 aromatic heterocycles. The molecular weight excluding hydrogens is 417 g/mol. The lowest BCUT2D eigenvalue weighted by atomic mass is 10.0. The van der Waals surface area contributed by atoms with Crippen molar-refractivity contribution in [2.75, 3.05) is 6.67 Å². The van der Waals surface area contributed by atoms with Gasteiger partial charge in [0.25, 0.3) is 5.91 Å². The molecule has 2 aromatic carbocycles. The number of ether oxygens (including phenoxy) is 1. The van der Waals surface area contributed by atoms with Gasteiger partial charge in [0.15, 0.2) is 11.8 Å². The number of halogens is 1. The number of alkyl halides is 1. The predicted octanol–water partition coefficient (Wildman–Crippen LogP) is 2.47. The second-order valence-corrected chi connectivity index (χ2v) is 8.29. The van der Waals surface area contributed by atoms with Crippen molar-refractivity contribution in [2.45, 2.75) is 38.1 Å². The Labute approximate surface area is 183 Å². The summed E-state index contributed by atoms with van der Waals surface area (Å²) in [6.45, 7) is 2.13. The highest BCUT2D eigenvalue weighted by atomic mass is 19.1. The molecule has 168 valence electrons. The van der Waals surface area contributed by atoms with E-state index in [0.29, 0.717) is 11.0 Å². The summed E-state index contributed by atoms with van der Waals surface area (Å²) in [5.41, 5.74) is -0.913. The van der Waals surface area contributed by atoms with Gasteiger partial charge in [-0.05, 0) is 18.1 Å². The summed E-state index contributed by atoms with van der Waals surface area (Å²) >= 11 is 0. The maximum Gasteiger partial charge on any atom is 0.419 e. The molecule has 0 spiro atoms. The molecule has 4 rings (SSSR count). The Kier molecular flexibility index (Phi) is 5.60. The van der Waals surface area contributed by atoms with Gasteiger partial charge in [-0.3, -0.25) is 9.59 Å². The number of nitrogens with zero attached hydrogens (tertiary/aromatic N) is 1. The summed E-state index contributed by atoms with van der Waals surface area (Å²) < 4.78 is 20.3. The number of carbonyl (C=O) groups excluding carboxylic acids is 3. The number of hydrogen-bond acceptors (Lipinski definition) is 5. The van der Waals surface area contributed by atoms with Crippen LogP contribution in [-0.2, 0) is 14.3 Å². The lowest BCUT2D eigenvalue weighted by molar-refractivity contribution is -0.135. The molecule has 0 aliphatic carbocycles. The minimum atomic E-state index is -2.19. The molecule has 1 fully saturated rings. The topological polar surface area (TPSA) is 110 Å². The van der Waals surface area contributed by atoms with Gasteiger partial charge in [-0.1, -0.05) is 50.2 Å². The number of aliphatic hydroxyl groups is 1. The zero-order valence-corrected chi connectivity index (χ0v) is 17.7. The number of nitrogens with one attached hydrogen (secondary N) is 2. The van der Waals surface area contributed by atoms with E-state index in [9.17, 15) is 23.9 Å². The third-order valence-electron chi connectivity index (χ3n) is 5.70. The molecule has 0 saturated carbocycles. The van der Waals surface area contributed by atoms with Gasteiger partial charge in [-0.25, -0.2) is 13.8 Å². The Hall–Kier alpha value is -3.46. The van der Waals surface area contributed by atoms with Crippen molar-refractivity contribution in [3.05, 3.63) is 48.5 Å². The van der Waals surface area contributed by atoms with Gasteiger partial charge in [0.1, 0.15) is 6.67 Å². The minimum absolute atomic E-state index is 0.280. The summed E-state index contributed by atoms with van der Waals surface area (Å²) in [5, 5.41) is 16.6. The van der Waals surface area contributed by atoms with Gasteiger partial charge < -0.3 is 20.5 Å². The maximum atomic E-state index is 13.3. The predicted molar refractivity (Wildman–Crippen MR) is 116 cm³/mol. The minimum Gasteiger partial charge on any atom is -0.435 e. The Morgan fingerprint density at radius 2 is 1.75 bits per heavy atom. The summed E-state index contributed by atoms with van der Waals surface area (Å²) in [6, 6.07) is 13.6. The highest BCUT2D eigenvalue weighted by molar-refractivity contribution is 6.12. The molecule has 2 heterocycles. The first-order valence-electron chi connectivity index (χ1n) is 10.3. The van der Waals surface area contributed by atoms with Gasteiger partial charge in [0.2, 0.25) is 5.91 Å². The van der Waals surface area contributed by atoms with E-state index < -0.39 is 48.4 Å². The number of rotatable bonds is 5. The molecular formula is C23H24FN3O5. The quantitative estimate of drug-likeness (QED) is 0.564. The molecule has 3 N–H and O–H groups in total. The van der Waals surface area contributed by atoms with Crippen LogP contribution in [0.5, 0.6) is 0 Å². The largest absolute Gasteiger partial charge is 0.435 e. The van der Waals surface area contributed by atoms with Crippen LogP contribution in [0.3, 0.4) is 0 Å². The third-order valence-corrected chi connectivity index (χ3v) is 5.70. The Morgan fingerprint density at radius 3 is 2.28 bits per heavy atom. The summed E-state index contributed by atoms with van der Waals surface area (Å²) in [6.07, 6.45) is -2.24. The normalized spacial score (nSPS) is 21.7. The molecule has 1 saturated heterocycles. The fourth-order valence-corrected chi connectivity index (χ4v) is 4.06. The zero-order valence-electron chi connectivity index (χ0n) is 17.7. The van der Waals surface area contributed by atoms with Crippen LogP contribution >= 0.6 is 0 Å². The maximum absolute atomic E-state index is 13.3. The van der Waals surface area contributed by atoms with E-state index in [0.717, 1.165) is 10.8 Å². The van der Waals surface area contributed by atoms with E-state index in [-0.39, 0.29) is 6.42 Å². The molecule has 9 heteroatoms. The summed E-state index contributed by atoms with van der Waals surface area (Å²) in [4.78, 5) is 37.7. The van der Waals surface area contributed by atoms with Crippen molar-refractivity contribution in [1.29, 1.82) is 0 Å². The molecule has 8 nitrogen and oxygen atoms in total. The van der Waals surface area contributed by atoms with Crippen LogP contribution in [0.2, 0.25) is 0 Å². The standard InChI is InChI=1S/C23H24FN3O5/c1-13(2)20(21(29)25-18-11-19(28)26-23(18,31)12-24)32-22(30)27-16-9-5-3-7-14(16)15-8-4-6-10-17(15)27/h3-10,13,18,20,31H,11-12H2,1-2H3,(H,25,29)(H,26,28). The van der Waals surface area contributed by atoms with Crippen molar-refractivity contribution in [3.63, 3.8) is 0 Å². The average Bonchev–Trinajstić information content (AvgIpc) is 3.25. The zero-order chi connectivity index (χ0) is 23.0. The van der Waals surface area contributed by atoms with E-state index >= 15 is 0 Å². The van der Waals surface area contributed by atoms with Gasteiger partial charge in [-0.2, -0.15) is 0 Å². The third kappa shape index (κ3) is 3.69. The van der Waals surface area contributed by atoms with Crippen LogP contribution in [0.4, 0.5) is 9.18 Å². The van der Waals surface area contributed by atoms with E-state index in [1.54, 1.807) is 38.1 Å². The first-order valence-corrected chi connectivity index (χ1v) is 10.3. The van der Waals surface area contributed by atoms with Crippen molar-refractivity contribution in [3.8, 4) is 0 Å². The van der Waals surface area contributed by atoms with Crippen molar-refractivity contribution < 1.29 is 28.6 Å². The van der Waals surface area contributed by atoms with E-state index in [1.165, 1.54) is 4.57 Å². The fraction of sp³-hybridized carbons (Fsp3) is 0.348. The molecule has 0 radical (unpaired) electrons. The Balaban J connectivity index is 1.62. The van der Waals surface area contributed by atoms with Crippen LogP contribution in [0.1, 0.15) is 20.3 Å². The number of para-hydroxylation sites is 2. The Bertz CT molecular complexity index is 1150. The first kappa shape index (κ1) is 21.8. The smallest absolute Gasteiger partial charge is 0.419 e. The Morgan fingerprint density at radius 1 is 1.19 bits per heavy atom. The average molecular weight is 441 g/mol. The second-order valence-electron chi connectivity index (χ2n) is 8.29. The molecule has 32 heavy (non-hydrogen) atoms. The van der Waals surface area contributed by atoms with E-state index in [2.05, 4.69) is 10.6 Å². The van der Waals surface area contributed by atoms with Crippen LogP contribution in [0.25, 0.3) is 21.8 Å². The van der Waals surface area contributed by atoms with Gasteiger partial charge in [0, 0.05) is 10.8 Å². The number of fused-ring (bicyclic) bond motifs is 3. The van der Waals surface area contributed by atoms with Gasteiger partial charge in [-0.15, -0.1) is 0 Å². The van der Waals surface area contributed by atoms with E-state index in [4.69, 9.17) is 4.74 Å². The van der Waals surface area contributed by atoms with Crippen molar-refractivity contribution in [2.24, 2.45) is 5.92 Å². The van der Waals surface area contributed by atoms with Crippen molar-refractivity contribution >= 4 is 39.7 Å². The number of amides is 2. The SMILES string of the molecule is CC(C)C(OC(=O)n1c2ccccc2c2ccccc21)C(=O)NC1CC(=O)NC1(O)CF. The number of benzene rings is 2. The molecule has 2 amide bonds. The molecule has 3 unspecified atom stereocenters. The van der Waals surface area contributed by atoms with Crippen molar-refractivity contribution in [1.82, 2.24) is 15.2 Å².